The molecule has 0 bridgehead atoms. The predicted octanol–water partition coefficient (Wildman–Crippen LogP) is 6.24. The van der Waals surface area contributed by atoms with Gasteiger partial charge in [0.15, 0.2) is 17.4 Å². The molecule has 1 aliphatic carbocycles. The van der Waals surface area contributed by atoms with Gasteiger partial charge in [0.05, 0.1) is 6.61 Å². The third kappa shape index (κ3) is 5.64. The second kappa shape index (κ2) is 9.01. The zero-order valence-electron chi connectivity index (χ0n) is 13.4. The molecule has 0 unspecified atom stereocenters. The van der Waals surface area contributed by atoms with Crippen molar-refractivity contribution in [1.82, 2.24) is 0 Å². The lowest BCUT2D eigenvalue weighted by molar-refractivity contribution is 0.125. The minimum Gasteiger partial charge on any atom is -0.491 e. The summed E-state index contributed by atoms with van der Waals surface area (Å²) in [6.45, 7) is 11.3. The Morgan fingerprint density at radius 3 is 2.10 bits per heavy atom. The molecule has 1 rings (SSSR count). The van der Waals surface area contributed by atoms with Crippen LogP contribution in [-0.2, 0) is 4.74 Å². The highest BCUT2D eigenvalue weighted by atomic mass is 19.2. The van der Waals surface area contributed by atoms with Crippen LogP contribution in [0.5, 0.6) is 0 Å². The Bertz CT molecular complexity index is 390. The molecule has 0 aromatic carbocycles. The fourth-order valence-electron chi connectivity index (χ4n) is 2.81. The Labute approximate surface area is 127 Å². The number of allylic oxidation sites excluding steroid dienone is 3. The minimum absolute atomic E-state index is 0.136. The van der Waals surface area contributed by atoms with Crippen LogP contribution in [0.4, 0.5) is 8.78 Å². The molecular weight excluding hydrogens is 270 g/mol. The molecule has 0 spiro atoms. The molecule has 1 nitrogen and oxygen atoms in total. The second-order valence-electron chi connectivity index (χ2n) is 5.99. The molecule has 3 heteroatoms. The van der Waals surface area contributed by atoms with Crippen molar-refractivity contribution in [3.63, 3.8) is 0 Å². The smallest absolute Gasteiger partial charge is 0.200 e. The van der Waals surface area contributed by atoms with E-state index in [4.69, 9.17) is 4.74 Å². The topological polar surface area (TPSA) is 9.23 Å². The first-order valence-corrected chi connectivity index (χ1v) is 8.05. The van der Waals surface area contributed by atoms with Gasteiger partial charge in [0.2, 0.25) is 0 Å². The van der Waals surface area contributed by atoms with E-state index < -0.39 is 11.7 Å². The number of halogens is 2. The third-order valence-electron chi connectivity index (χ3n) is 4.33. The zero-order chi connectivity index (χ0) is 15.8. The molecule has 0 aromatic heterocycles. The molecule has 0 radical (unpaired) electrons. The quantitative estimate of drug-likeness (QED) is 0.380. The van der Waals surface area contributed by atoms with Crippen LogP contribution in [0.25, 0.3) is 0 Å². The molecule has 0 N–H and O–H groups in total. The van der Waals surface area contributed by atoms with Crippen molar-refractivity contribution in [3.05, 3.63) is 36.1 Å². The normalized spacial score (nSPS) is 23.4. The molecule has 0 aromatic rings. The van der Waals surface area contributed by atoms with Crippen LogP contribution in [0, 0.1) is 11.8 Å². The SMILES string of the molecule is C=C(CC)/C(F)=C(/F)C(=C)OCC1CCC(CCC)CC1. The molecule has 0 heterocycles. The molecule has 0 atom stereocenters. The van der Waals surface area contributed by atoms with Gasteiger partial charge in [-0.15, -0.1) is 0 Å². The Kier molecular flexibility index (Phi) is 7.69. The lowest BCUT2D eigenvalue weighted by atomic mass is 9.80. The standard InChI is InChI=1S/C18H28F2O/c1-5-7-15-8-10-16(11-9-15)12-21-14(4)18(20)17(19)13(3)6-2/h15-16H,3-12H2,1-2H3/b18-17-. The van der Waals surface area contributed by atoms with Gasteiger partial charge in [-0.1, -0.05) is 52.7 Å². The van der Waals surface area contributed by atoms with Crippen LogP contribution in [0.3, 0.4) is 0 Å². The number of ether oxygens (including phenoxy) is 1. The molecule has 1 fully saturated rings. The molecule has 0 saturated heterocycles. The largest absolute Gasteiger partial charge is 0.491 e. The summed E-state index contributed by atoms with van der Waals surface area (Å²) in [7, 11) is 0. The van der Waals surface area contributed by atoms with Gasteiger partial charge in [-0.25, -0.2) is 4.39 Å². The summed E-state index contributed by atoms with van der Waals surface area (Å²) >= 11 is 0. The summed E-state index contributed by atoms with van der Waals surface area (Å²) < 4.78 is 32.7. The van der Waals surface area contributed by atoms with E-state index in [1.807, 2.05) is 0 Å². The van der Waals surface area contributed by atoms with E-state index >= 15 is 0 Å². The van der Waals surface area contributed by atoms with Crippen molar-refractivity contribution in [2.24, 2.45) is 11.8 Å². The van der Waals surface area contributed by atoms with E-state index in [0.29, 0.717) is 18.9 Å². The summed E-state index contributed by atoms with van der Waals surface area (Å²) in [5.41, 5.74) is 0.136. The first-order valence-electron chi connectivity index (χ1n) is 8.05. The Morgan fingerprint density at radius 2 is 1.57 bits per heavy atom. The predicted molar refractivity (Wildman–Crippen MR) is 84.1 cm³/mol. The highest BCUT2D eigenvalue weighted by Crippen LogP contribution is 2.32. The van der Waals surface area contributed by atoms with Crippen molar-refractivity contribution in [2.75, 3.05) is 6.61 Å². The molecule has 21 heavy (non-hydrogen) atoms. The van der Waals surface area contributed by atoms with Gasteiger partial charge >= 0.3 is 0 Å². The van der Waals surface area contributed by atoms with Gasteiger partial charge in [0.25, 0.3) is 0 Å². The summed E-state index contributed by atoms with van der Waals surface area (Å²) in [5.74, 6) is -0.898. The Balaban J connectivity index is 2.39. The van der Waals surface area contributed by atoms with Crippen molar-refractivity contribution in [2.45, 2.75) is 58.8 Å². The third-order valence-corrected chi connectivity index (χ3v) is 4.33. The zero-order valence-corrected chi connectivity index (χ0v) is 13.4. The van der Waals surface area contributed by atoms with Gasteiger partial charge in [-0.2, -0.15) is 4.39 Å². The summed E-state index contributed by atoms with van der Waals surface area (Å²) in [4.78, 5) is 0. The van der Waals surface area contributed by atoms with Crippen LogP contribution < -0.4 is 0 Å². The highest BCUT2D eigenvalue weighted by molar-refractivity contribution is 5.32. The number of rotatable bonds is 8. The molecule has 120 valence electrons. The van der Waals surface area contributed by atoms with Gasteiger partial charge in [0.1, 0.15) is 0 Å². The summed E-state index contributed by atoms with van der Waals surface area (Å²) in [5, 5.41) is 0. The molecule has 1 saturated carbocycles. The minimum atomic E-state index is -1.01. The molecule has 1 aliphatic rings. The summed E-state index contributed by atoms with van der Waals surface area (Å²) in [6, 6.07) is 0. The Morgan fingerprint density at radius 1 is 1.00 bits per heavy atom. The number of hydrogen-bond acceptors (Lipinski definition) is 1. The van der Waals surface area contributed by atoms with Gasteiger partial charge < -0.3 is 4.74 Å². The summed E-state index contributed by atoms with van der Waals surface area (Å²) in [6.07, 6.45) is 7.54. The average molecular weight is 298 g/mol. The van der Waals surface area contributed by atoms with E-state index in [2.05, 4.69) is 20.1 Å². The van der Waals surface area contributed by atoms with Gasteiger partial charge in [0, 0.05) is 0 Å². The van der Waals surface area contributed by atoms with Crippen LogP contribution in [0.2, 0.25) is 0 Å². The van der Waals surface area contributed by atoms with E-state index in [9.17, 15) is 8.78 Å². The lowest BCUT2D eigenvalue weighted by Gasteiger charge is -2.28. The molecule has 0 aliphatic heterocycles. The first-order chi connectivity index (χ1) is 9.99. The van der Waals surface area contributed by atoms with Crippen molar-refractivity contribution in [1.29, 1.82) is 0 Å². The maximum Gasteiger partial charge on any atom is 0.200 e. The van der Waals surface area contributed by atoms with Crippen LogP contribution in [0.15, 0.2) is 36.1 Å². The average Bonchev–Trinajstić information content (AvgIpc) is 2.51. The van der Waals surface area contributed by atoms with E-state index in [1.54, 1.807) is 6.92 Å². The number of hydrogen-bond donors (Lipinski definition) is 0. The maximum atomic E-state index is 13.8. The molecule has 0 amide bonds. The van der Waals surface area contributed by atoms with Gasteiger partial charge in [-0.05, 0) is 36.7 Å². The van der Waals surface area contributed by atoms with Crippen LogP contribution >= 0.6 is 0 Å². The van der Waals surface area contributed by atoms with E-state index in [1.165, 1.54) is 25.7 Å². The van der Waals surface area contributed by atoms with E-state index in [-0.39, 0.29) is 11.3 Å². The van der Waals surface area contributed by atoms with Gasteiger partial charge in [-0.3, -0.25) is 0 Å². The van der Waals surface area contributed by atoms with E-state index in [0.717, 1.165) is 18.8 Å². The van der Waals surface area contributed by atoms with Crippen molar-refractivity contribution < 1.29 is 13.5 Å². The first kappa shape index (κ1) is 17.9. The fraction of sp³-hybridized carbons (Fsp3) is 0.667. The van der Waals surface area contributed by atoms with Crippen LogP contribution in [-0.4, -0.2) is 6.61 Å². The molecular formula is C18H28F2O. The van der Waals surface area contributed by atoms with Crippen molar-refractivity contribution >= 4 is 0 Å². The monoisotopic (exact) mass is 298 g/mol. The maximum absolute atomic E-state index is 13.8. The second-order valence-corrected chi connectivity index (χ2v) is 5.99. The lowest BCUT2D eigenvalue weighted by Crippen LogP contribution is -2.18. The van der Waals surface area contributed by atoms with Crippen molar-refractivity contribution in [3.8, 4) is 0 Å². The van der Waals surface area contributed by atoms with Crippen LogP contribution in [0.1, 0.15) is 58.8 Å². The Hall–Kier alpha value is -1.12. The highest BCUT2D eigenvalue weighted by Gasteiger charge is 2.22. The fourth-order valence-corrected chi connectivity index (χ4v) is 2.81.